The van der Waals surface area contributed by atoms with Crippen LogP contribution in [0, 0.1) is 25.7 Å². The lowest BCUT2D eigenvalue weighted by atomic mass is 9.90. The summed E-state index contributed by atoms with van der Waals surface area (Å²) in [5, 5.41) is 8.22. The molecule has 0 unspecified atom stereocenters. The summed E-state index contributed by atoms with van der Waals surface area (Å²) in [5.41, 5.74) is 1.52. The second kappa shape index (κ2) is 6.25. The number of aryl methyl sites for hydroxylation is 3. The minimum absolute atomic E-state index is 0.0350. The minimum atomic E-state index is 0.0350. The van der Waals surface area contributed by atoms with Crippen molar-refractivity contribution in [2.24, 2.45) is 11.8 Å². The molecule has 0 aliphatic carbocycles. The van der Waals surface area contributed by atoms with Crippen LogP contribution in [0.1, 0.15) is 34.8 Å². The van der Waals surface area contributed by atoms with Crippen LogP contribution in [0.2, 0.25) is 0 Å². The van der Waals surface area contributed by atoms with E-state index in [0.717, 1.165) is 5.69 Å². The van der Waals surface area contributed by atoms with Crippen molar-refractivity contribution in [1.82, 2.24) is 24.8 Å². The van der Waals surface area contributed by atoms with Crippen LogP contribution in [0.25, 0.3) is 0 Å². The van der Waals surface area contributed by atoms with Crippen LogP contribution in [0.5, 0.6) is 0 Å². The summed E-state index contributed by atoms with van der Waals surface area (Å²) in [6.07, 6.45) is 0.799. The van der Waals surface area contributed by atoms with E-state index in [1.165, 1.54) is 0 Å². The third-order valence-electron chi connectivity index (χ3n) is 5.15. The summed E-state index contributed by atoms with van der Waals surface area (Å²) in [6.45, 7) is 8.43. The first kappa shape index (κ1) is 16.3. The van der Waals surface area contributed by atoms with Crippen molar-refractivity contribution >= 4 is 5.91 Å². The van der Waals surface area contributed by atoms with Crippen LogP contribution >= 0.6 is 0 Å². The topological polar surface area (TPSA) is 86.3 Å². The Balaban J connectivity index is 1.46. The number of hydrogen-bond acceptors (Lipinski definition) is 6. The van der Waals surface area contributed by atoms with Crippen LogP contribution in [0.15, 0.2) is 10.6 Å². The largest absolute Gasteiger partial charge is 0.376 e. The maximum absolute atomic E-state index is 12.9. The molecule has 2 aromatic heterocycles. The lowest BCUT2D eigenvalue weighted by Gasteiger charge is -2.19. The Bertz CT molecular complexity index is 783. The molecule has 2 aliphatic heterocycles. The first-order valence-electron chi connectivity index (χ1n) is 8.79. The van der Waals surface area contributed by atoms with E-state index in [9.17, 15) is 4.79 Å². The van der Waals surface area contributed by atoms with Gasteiger partial charge >= 0.3 is 0 Å². The van der Waals surface area contributed by atoms with Gasteiger partial charge in [-0.15, -0.1) is 0 Å². The Morgan fingerprint density at radius 1 is 1.36 bits per heavy atom. The average Bonchev–Trinajstić information content (AvgIpc) is 3.32. The number of carbonyl (C=O) groups is 1. The molecule has 2 saturated heterocycles. The van der Waals surface area contributed by atoms with Gasteiger partial charge in [0.2, 0.25) is 5.89 Å². The molecule has 2 fully saturated rings. The third kappa shape index (κ3) is 2.95. The summed E-state index contributed by atoms with van der Waals surface area (Å²) >= 11 is 0. The number of carbonyl (C=O) groups excluding carboxylic acids is 1. The molecule has 8 heteroatoms. The SMILES string of the molecule is CCn1nc(C)cc1C(=O)N1C[C@@H]2[C@H](Cc3nc(C)no3)CO[C@@H]2C1. The molecular weight excluding hydrogens is 322 g/mol. The second-order valence-electron chi connectivity index (χ2n) is 6.93. The molecule has 4 rings (SSSR count). The molecule has 0 saturated carbocycles. The van der Waals surface area contributed by atoms with Crippen LogP contribution in [0.4, 0.5) is 0 Å². The summed E-state index contributed by atoms with van der Waals surface area (Å²) < 4.78 is 13.0. The monoisotopic (exact) mass is 345 g/mol. The highest BCUT2D eigenvalue weighted by atomic mass is 16.5. The Morgan fingerprint density at radius 2 is 2.20 bits per heavy atom. The number of hydrogen-bond donors (Lipinski definition) is 0. The Morgan fingerprint density at radius 3 is 2.92 bits per heavy atom. The van der Waals surface area contributed by atoms with Crippen molar-refractivity contribution in [2.45, 2.75) is 39.8 Å². The number of aromatic nitrogens is 4. The quantitative estimate of drug-likeness (QED) is 0.828. The van der Waals surface area contributed by atoms with E-state index in [-0.39, 0.29) is 12.0 Å². The van der Waals surface area contributed by atoms with E-state index < -0.39 is 0 Å². The first-order valence-corrected chi connectivity index (χ1v) is 8.79. The van der Waals surface area contributed by atoms with Gasteiger partial charge in [0.25, 0.3) is 5.91 Å². The zero-order chi connectivity index (χ0) is 17.6. The van der Waals surface area contributed by atoms with E-state index in [1.54, 1.807) is 4.68 Å². The molecule has 2 aromatic rings. The molecule has 134 valence electrons. The van der Waals surface area contributed by atoms with Gasteiger partial charge in [0, 0.05) is 32.0 Å². The molecule has 0 radical (unpaired) electrons. The lowest BCUT2D eigenvalue weighted by Crippen LogP contribution is -2.33. The van der Waals surface area contributed by atoms with Gasteiger partial charge in [0.15, 0.2) is 5.82 Å². The van der Waals surface area contributed by atoms with Crippen molar-refractivity contribution in [3.05, 3.63) is 29.2 Å². The predicted octanol–water partition coefficient (Wildman–Crippen LogP) is 1.23. The highest BCUT2D eigenvalue weighted by Gasteiger charge is 2.46. The molecule has 0 N–H and O–H groups in total. The van der Waals surface area contributed by atoms with Crippen LogP contribution in [-0.4, -0.2) is 56.5 Å². The fourth-order valence-electron chi connectivity index (χ4n) is 3.94. The zero-order valence-corrected chi connectivity index (χ0v) is 14.8. The van der Waals surface area contributed by atoms with E-state index in [0.29, 0.717) is 61.9 Å². The van der Waals surface area contributed by atoms with Gasteiger partial charge in [0.05, 0.1) is 18.4 Å². The Labute approximate surface area is 146 Å². The fraction of sp³-hybridized carbons (Fsp3) is 0.647. The Kier molecular flexibility index (Phi) is 4.07. The molecule has 0 bridgehead atoms. The molecular formula is C17H23N5O3. The highest BCUT2D eigenvalue weighted by Crippen LogP contribution is 2.36. The lowest BCUT2D eigenvalue weighted by molar-refractivity contribution is 0.0666. The van der Waals surface area contributed by atoms with Crippen molar-refractivity contribution in [1.29, 1.82) is 0 Å². The highest BCUT2D eigenvalue weighted by molar-refractivity contribution is 5.93. The van der Waals surface area contributed by atoms with Crippen LogP contribution < -0.4 is 0 Å². The minimum Gasteiger partial charge on any atom is -0.376 e. The van der Waals surface area contributed by atoms with E-state index in [1.807, 2.05) is 31.7 Å². The first-order chi connectivity index (χ1) is 12.0. The fourth-order valence-corrected chi connectivity index (χ4v) is 3.94. The molecule has 25 heavy (non-hydrogen) atoms. The van der Waals surface area contributed by atoms with Crippen LogP contribution in [0.3, 0.4) is 0 Å². The molecule has 2 aliphatic rings. The van der Waals surface area contributed by atoms with Crippen molar-refractivity contribution < 1.29 is 14.1 Å². The summed E-state index contributed by atoms with van der Waals surface area (Å²) in [7, 11) is 0. The zero-order valence-electron chi connectivity index (χ0n) is 14.8. The number of nitrogens with zero attached hydrogens (tertiary/aromatic N) is 5. The summed E-state index contributed by atoms with van der Waals surface area (Å²) in [4.78, 5) is 19.1. The van der Waals surface area contributed by atoms with Gasteiger partial charge in [0.1, 0.15) is 5.69 Å². The van der Waals surface area contributed by atoms with E-state index in [4.69, 9.17) is 9.26 Å². The molecule has 1 amide bonds. The second-order valence-corrected chi connectivity index (χ2v) is 6.93. The molecule has 0 aromatic carbocycles. The van der Waals surface area contributed by atoms with E-state index in [2.05, 4.69) is 15.2 Å². The van der Waals surface area contributed by atoms with Gasteiger partial charge in [-0.05, 0) is 32.8 Å². The normalized spacial score (nSPS) is 25.6. The number of fused-ring (bicyclic) bond motifs is 1. The van der Waals surface area contributed by atoms with Crippen molar-refractivity contribution in [2.75, 3.05) is 19.7 Å². The van der Waals surface area contributed by atoms with Gasteiger partial charge in [-0.25, -0.2) is 0 Å². The molecule has 3 atom stereocenters. The van der Waals surface area contributed by atoms with Crippen LogP contribution in [-0.2, 0) is 17.7 Å². The van der Waals surface area contributed by atoms with Gasteiger partial charge in [-0.1, -0.05) is 5.16 Å². The maximum atomic E-state index is 12.9. The number of amides is 1. The molecule has 0 spiro atoms. The Hall–Kier alpha value is -2.22. The molecule has 4 heterocycles. The molecule has 8 nitrogen and oxygen atoms in total. The van der Waals surface area contributed by atoms with E-state index >= 15 is 0 Å². The van der Waals surface area contributed by atoms with Gasteiger partial charge in [-0.3, -0.25) is 9.48 Å². The summed E-state index contributed by atoms with van der Waals surface area (Å²) in [6, 6.07) is 1.86. The predicted molar refractivity (Wildman–Crippen MR) is 88.0 cm³/mol. The smallest absolute Gasteiger partial charge is 0.272 e. The van der Waals surface area contributed by atoms with Crippen molar-refractivity contribution in [3.63, 3.8) is 0 Å². The van der Waals surface area contributed by atoms with Gasteiger partial charge in [-0.2, -0.15) is 10.1 Å². The van der Waals surface area contributed by atoms with Gasteiger partial charge < -0.3 is 14.2 Å². The number of likely N-dealkylation sites (tertiary alicyclic amines) is 1. The van der Waals surface area contributed by atoms with Crippen molar-refractivity contribution in [3.8, 4) is 0 Å². The third-order valence-corrected chi connectivity index (χ3v) is 5.15. The standard InChI is InChI=1S/C17H23N5O3/c1-4-22-14(5-10(2)19-22)17(23)21-7-13-12(9-24-15(13)8-21)6-16-18-11(3)20-25-16/h5,12-13,15H,4,6-9H2,1-3H3/t12-,13-,15-/m1/s1. The summed E-state index contributed by atoms with van der Waals surface area (Å²) in [5.74, 6) is 1.96. The maximum Gasteiger partial charge on any atom is 0.272 e. The average molecular weight is 345 g/mol. The number of ether oxygens (including phenoxy) is 1. The number of rotatable bonds is 4.